The Kier molecular flexibility index (Phi) is 4.81. The minimum Gasteiger partial charge on any atom is -0.349 e. The average molecular weight is 278 g/mol. The van der Waals surface area contributed by atoms with Crippen LogP contribution >= 0.6 is 0 Å². The number of nitrogens with zero attached hydrogens (tertiary/aromatic N) is 2. The molecule has 1 aromatic rings. The normalized spacial score (nSPS) is 25.9. The SMILES string of the molecule is Cc1c(C(=O)NC2CCC(C)C2C)cnn1CCCN. The van der Waals surface area contributed by atoms with Gasteiger partial charge in [-0.25, -0.2) is 0 Å². The predicted molar refractivity (Wildman–Crippen MR) is 79.5 cm³/mol. The summed E-state index contributed by atoms with van der Waals surface area (Å²) in [5.41, 5.74) is 7.12. The van der Waals surface area contributed by atoms with E-state index in [1.165, 1.54) is 6.42 Å². The molecule has 2 rings (SSSR count). The highest BCUT2D eigenvalue weighted by Crippen LogP contribution is 2.31. The Morgan fingerprint density at radius 1 is 1.50 bits per heavy atom. The van der Waals surface area contributed by atoms with E-state index in [-0.39, 0.29) is 5.91 Å². The topological polar surface area (TPSA) is 72.9 Å². The molecule has 5 nitrogen and oxygen atoms in total. The Morgan fingerprint density at radius 2 is 2.25 bits per heavy atom. The summed E-state index contributed by atoms with van der Waals surface area (Å²) in [5.74, 6) is 1.24. The second-order valence-corrected chi connectivity index (χ2v) is 6.00. The van der Waals surface area contributed by atoms with E-state index in [4.69, 9.17) is 5.73 Å². The maximum absolute atomic E-state index is 12.4. The molecular formula is C15H26N4O. The quantitative estimate of drug-likeness (QED) is 0.861. The van der Waals surface area contributed by atoms with Crippen LogP contribution in [0.4, 0.5) is 0 Å². The Hall–Kier alpha value is -1.36. The molecule has 0 bridgehead atoms. The fraction of sp³-hybridized carbons (Fsp3) is 0.733. The number of carbonyl (C=O) groups excluding carboxylic acids is 1. The van der Waals surface area contributed by atoms with Crippen molar-refractivity contribution in [2.45, 2.75) is 52.6 Å². The molecule has 1 fully saturated rings. The number of rotatable bonds is 5. The number of nitrogens with one attached hydrogen (secondary N) is 1. The molecule has 3 unspecified atom stereocenters. The number of amides is 1. The van der Waals surface area contributed by atoms with Gasteiger partial charge in [0.15, 0.2) is 0 Å². The van der Waals surface area contributed by atoms with Crippen molar-refractivity contribution in [1.82, 2.24) is 15.1 Å². The third-order valence-corrected chi connectivity index (χ3v) is 4.70. The highest BCUT2D eigenvalue weighted by molar-refractivity contribution is 5.95. The Bertz CT molecular complexity index is 468. The standard InChI is InChI=1S/C15H26N4O/c1-10-5-6-14(11(10)2)18-15(20)13-9-17-19(12(13)3)8-4-7-16/h9-11,14H,4-8,16H2,1-3H3,(H,18,20). The van der Waals surface area contributed by atoms with Crippen LogP contribution in [0.25, 0.3) is 0 Å². The summed E-state index contributed by atoms with van der Waals surface area (Å²) in [7, 11) is 0. The highest BCUT2D eigenvalue weighted by atomic mass is 16.1. The first-order valence-electron chi connectivity index (χ1n) is 7.58. The van der Waals surface area contributed by atoms with Crippen LogP contribution < -0.4 is 11.1 Å². The van der Waals surface area contributed by atoms with E-state index in [0.717, 1.165) is 25.1 Å². The summed E-state index contributed by atoms with van der Waals surface area (Å²) in [4.78, 5) is 12.4. The van der Waals surface area contributed by atoms with Crippen molar-refractivity contribution in [1.29, 1.82) is 0 Å². The molecule has 0 aliphatic heterocycles. The van der Waals surface area contributed by atoms with Gasteiger partial charge in [0.1, 0.15) is 0 Å². The van der Waals surface area contributed by atoms with Crippen LogP contribution in [-0.2, 0) is 6.54 Å². The molecule has 112 valence electrons. The second kappa shape index (κ2) is 6.39. The highest BCUT2D eigenvalue weighted by Gasteiger charge is 2.31. The van der Waals surface area contributed by atoms with E-state index in [9.17, 15) is 4.79 Å². The predicted octanol–water partition coefficient (Wildman–Crippen LogP) is 1.70. The summed E-state index contributed by atoms with van der Waals surface area (Å²) in [6.07, 6.45) is 4.82. The van der Waals surface area contributed by atoms with Crippen LogP contribution in [-0.4, -0.2) is 28.3 Å². The van der Waals surface area contributed by atoms with Crippen molar-refractivity contribution in [2.24, 2.45) is 17.6 Å². The number of hydrogen-bond donors (Lipinski definition) is 2. The number of hydrogen-bond acceptors (Lipinski definition) is 3. The van der Waals surface area contributed by atoms with Crippen LogP contribution in [0.15, 0.2) is 6.20 Å². The molecule has 1 aliphatic rings. The zero-order chi connectivity index (χ0) is 14.7. The van der Waals surface area contributed by atoms with E-state index >= 15 is 0 Å². The average Bonchev–Trinajstić information content (AvgIpc) is 2.94. The molecule has 0 saturated heterocycles. The van der Waals surface area contributed by atoms with E-state index in [1.807, 2.05) is 11.6 Å². The van der Waals surface area contributed by atoms with Gasteiger partial charge in [0.05, 0.1) is 11.8 Å². The molecule has 3 atom stereocenters. The summed E-state index contributed by atoms with van der Waals surface area (Å²) in [6, 6.07) is 0.296. The van der Waals surface area contributed by atoms with E-state index in [0.29, 0.717) is 30.0 Å². The summed E-state index contributed by atoms with van der Waals surface area (Å²) in [6.45, 7) is 7.83. The second-order valence-electron chi connectivity index (χ2n) is 6.00. The fourth-order valence-corrected chi connectivity index (χ4v) is 2.95. The van der Waals surface area contributed by atoms with Crippen LogP contribution in [0, 0.1) is 18.8 Å². The van der Waals surface area contributed by atoms with Gasteiger partial charge in [-0.1, -0.05) is 13.8 Å². The van der Waals surface area contributed by atoms with Gasteiger partial charge in [-0.05, 0) is 44.6 Å². The number of aryl methyl sites for hydroxylation is 1. The largest absolute Gasteiger partial charge is 0.349 e. The maximum atomic E-state index is 12.4. The van der Waals surface area contributed by atoms with Crippen molar-refractivity contribution >= 4 is 5.91 Å². The molecule has 0 radical (unpaired) electrons. The number of nitrogens with two attached hydrogens (primary N) is 1. The fourth-order valence-electron chi connectivity index (χ4n) is 2.95. The van der Waals surface area contributed by atoms with E-state index in [1.54, 1.807) is 6.20 Å². The number of aromatic nitrogens is 2. The third kappa shape index (κ3) is 3.03. The lowest BCUT2D eigenvalue weighted by Gasteiger charge is -2.19. The van der Waals surface area contributed by atoms with Crippen LogP contribution in [0.5, 0.6) is 0 Å². The van der Waals surface area contributed by atoms with Gasteiger partial charge < -0.3 is 11.1 Å². The van der Waals surface area contributed by atoms with Crippen molar-refractivity contribution in [3.05, 3.63) is 17.5 Å². The van der Waals surface area contributed by atoms with Gasteiger partial charge in [-0.2, -0.15) is 5.10 Å². The first kappa shape index (κ1) is 15.0. The minimum absolute atomic E-state index is 0.00690. The maximum Gasteiger partial charge on any atom is 0.254 e. The molecule has 20 heavy (non-hydrogen) atoms. The van der Waals surface area contributed by atoms with Crippen LogP contribution in [0.2, 0.25) is 0 Å². The van der Waals surface area contributed by atoms with E-state index < -0.39 is 0 Å². The van der Waals surface area contributed by atoms with E-state index in [2.05, 4.69) is 24.3 Å². The van der Waals surface area contributed by atoms with Crippen LogP contribution in [0.1, 0.15) is 49.2 Å². The van der Waals surface area contributed by atoms with Gasteiger partial charge in [-0.15, -0.1) is 0 Å². The molecular weight excluding hydrogens is 252 g/mol. The lowest BCUT2D eigenvalue weighted by Crippen LogP contribution is -2.37. The Labute approximate surface area is 120 Å². The van der Waals surface area contributed by atoms with Crippen molar-refractivity contribution in [3.63, 3.8) is 0 Å². The van der Waals surface area contributed by atoms with Crippen molar-refractivity contribution < 1.29 is 4.79 Å². The Balaban J connectivity index is 2.01. The molecule has 5 heteroatoms. The zero-order valence-electron chi connectivity index (χ0n) is 12.7. The van der Waals surface area contributed by atoms with Gasteiger partial charge >= 0.3 is 0 Å². The van der Waals surface area contributed by atoms with Crippen molar-refractivity contribution in [3.8, 4) is 0 Å². The molecule has 1 aliphatic carbocycles. The monoisotopic (exact) mass is 278 g/mol. The lowest BCUT2D eigenvalue weighted by molar-refractivity contribution is 0.0926. The van der Waals surface area contributed by atoms with Gasteiger partial charge in [0.25, 0.3) is 5.91 Å². The lowest BCUT2D eigenvalue weighted by atomic mass is 9.97. The third-order valence-electron chi connectivity index (χ3n) is 4.70. The summed E-state index contributed by atoms with van der Waals surface area (Å²) >= 11 is 0. The molecule has 0 spiro atoms. The zero-order valence-corrected chi connectivity index (χ0v) is 12.7. The van der Waals surface area contributed by atoms with Gasteiger partial charge in [-0.3, -0.25) is 9.48 Å². The molecule has 1 amide bonds. The van der Waals surface area contributed by atoms with Crippen molar-refractivity contribution in [2.75, 3.05) is 6.54 Å². The number of carbonyl (C=O) groups is 1. The Morgan fingerprint density at radius 3 is 2.85 bits per heavy atom. The van der Waals surface area contributed by atoms with Crippen LogP contribution in [0.3, 0.4) is 0 Å². The molecule has 3 N–H and O–H groups in total. The molecule has 1 saturated carbocycles. The first-order chi connectivity index (χ1) is 9.54. The van der Waals surface area contributed by atoms with Gasteiger partial charge in [0, 0.05) is 18.3 Å². The first-order valence-corrected chi connectivity index (χ1v) is 7.58. The smallest absolute Gasteiger partial charge is 0.254 e. The molecule has 1 heterocycles. The summed E-state index contributed by atoms with van der Waals surface area (Å²) in [5, 5.41) is 7.45. The van der Waals surface area contributed by atoms with Gasteiger partial charge in [0.2, 0.25) is 0 Å². The minimum atomic E-state index is 0.00690. The molecule has 1 aromatic heterocycles. The molecule has 0 aromatic carbocycles. The summed E-state index contributed by atoms with van der Waals surface area (Å²) < 4.78 is 1.86.